The van der Waals surface area contributed by atoms with Crippen molar-refractivity contribution in [1.82, 2.24) is 10.2 Å². The van der Waals surface area contributed by atoms with Crippen LogP contribution in [0.2, 0.25) is 10.0 Å². The van der Waals surface area contributed by atoms with Gasteiger partial charge in [0.1, 0.15) is 5.03 Å². The zero-order chi connectivity index (χ0) is 17.6. The van der Waals surface area contributed by atoms with Crippen molar-refractivity contribution in [3.63, 3.8) is 0 Å². The Morgan fingerprint density at radius 3 is 2.48 bits per heavy atom. The van der Waals surface area contributed by atoms with Crippen LogP contribution in [-0.2, 0) is 5.75 Å². The summed E-state index contributed by atoms with van der Waals surface area (Å²) in [4.78, 5) is 12.1. The molecule has 7 heteroatoms. The second kappa shape index (κ2) is 8.34. The number of hydrogen-bond acceptors (Lipinski definition) is 4. The highest BCUT2D eigenvalue weighted by atomic mass is 35.5. The fraction of sp³-hybridized carbons (Fsp3) is 0.0556. The molecule has 3 rings (SSSR count). The molecule has 25 heavy (non-hydrogen) atoms. The summed E-state index contributed by atoms with van der Waals surface area (Å²) in [5.41, 5.74) is 1.54. The summed E-state index contributed by atoms with van der Waals surface area (Å²) >= 11 is 13.5. The van der Waals surface area contributed by atoms with Crippen molar-refractivity contribution < 1.29 is 4.79 Å². The largest absolute Gasteiger partial charge is 0.305 e. The van der Waals surface area contributed by atoms with Crippen LogP contribution in [0.15, 0.2) is 65.7 Å². The maximum Gasteiger partial charge on any atom is 0.256 e. The second-order valence-corrected chi connectivity index (χ2v) is 6.94. The zero-order valence-electron chi connectivity index (χ0n) is 12.9. The molecule has 0 unspecified atom stereocenters. The van der Waals surface area contributed by atoms with Gasteiger partial charge in [-0.15, -0.1) is 10.2 Å². The van der Waals surface area contributed by atoms with E-state index in [4.69, 9.17) is 23.2 Å². The Kier molecular flexibility index (Phi) is 5.91. The van der Waals surface area contributed by atoms with Gasteiger partial charge in [0.05, 0.1) is 0 Å². The van der Waals surface area contributed by atoms with E-state index in [0.29, 0.717) is 27.2 Å². The van der Waals surface area contributed by atoms with E-state index in [2.05, 4.69) is 15.5 Å². The number of nitrogens with zero attached hydrogens (tertiary/aromatic N) is 2. The van der Waals surface area contributed by atoms with Gasteiger partial charge in [-0.25, -0.2) is 0 Å². The second-order valence-electron chi connectivity index (χ2n) is 5.10. The quantitative estimate of drug-likeness (QED) is 0.599. The number of aromatic nitrogens is 2. The minimum atomic E-state index is -0.219. The molecule has 0 aliphatic heterocycles. The molecule has 0 atom stereocenters. The lowest BCUT2D eigenvalue weighted by molar-refractivity contribution is 0.102. The van der Waals surface area contributed by atoms with Gasteiger partial charge in [-0.3, -0.25) is 4.79 Å². The lowest BCUT2D eigenvalue weighted by Crippen LogP contribution is -2.13. The Hall–Kier alpha value is -2.08. The van der Waals surface area contributed by atoms with Crippen LogP contribution in [0.5, 0.6) is 0 Å². The summed E-state index contributed by atoms with van der Waals surface area (Å²) in [6.45, 7) is 0. The maximum absolute atomic E-state index is 12.1. The van der Waals surface area contributed by atoms with E-state index in [1.165, 1.54) is 11.8 Å². The number of carbonyl (C=O) groups excluding carboxylic acids is 1. The van der Waals surface area contributed by atoms with Crippen LogP contribution >= 0.6 is 35.0 Å². The number of anilines is 1. The summed E-state index contributed by atoms with van der Waals surface area (Å²) < 4.78 is 0. The van der Waals surface area contributed by atoms with Gasteiger partial charge in [0.2, 0.25) is 0 Å². The van der Waals surface area contributed by atoms with E-state index in [-0.39, 0.29) is 5.91 Å². The molecular formula is C18H13Cl2N3OS. The molecule has 1 N–H and O–H groups in total. The summed E-state index contributed by atoms with van der Waals surface area (Å²) in [5, 5.41) is 12.8. The van der Waals surface area contributed by atoms with Gasteiger partial charge in [0.15, 0.2) is 5.82 Å². The van der Waals surface area contributed by atoms with Crippen molar-refractivity contribution in [1.29, 1.82) is 0 Å². The summed E-state index contributed by atoms with van der Waals surface area (Å²) in [6.07, 6.45) is 0. The number of halogens is 2. The number of benzene rings is 2. The van der Waals surface area contributed by atoms with E-state index >= 15 is 0 Å². The third-order valence-corrected chi connectivity index (χ3v) is 4.86. The predicted octanol–water partition coefficient (Wildman–Crippen LogP) is 5.33. The molecule has 0 fully saturated rings. The Morgan fingerprint density at radius 2 is 1.80 bits per heavy atom. The SMILES string of the molecule is O=C(Nc1ccc(SCc2ccc(Cl)cc2Cl)nn1)c1ccccc1. The van der Waals surface area contributed by atoms with Gasteiger partial charge >= 0.3 is 0 Å². The van der Waals surface area contributed by atoms with Crippen molar-refractivity contribution in [2.24, 2.45) is 0 Å². The Bertz CT molecular complexity index is 873. The zero-order valence-corrected chi connectivity index (χ0v) is 15.3. The average molecular weight is 390 g/mol. The fourth-order valence-corrected chi connectivity index (χ4v) is 3.40. The van der Waals surface area contributed by atoms with Crippen LogP contribution in [0.3, 0.4) is 0 Å². The average Bonchev–Trinajstić information content (AvgIpc) is 2.63. The van der Waals surface area contributed by atoms with Crippen LogP contribution in [0.25, 0.3) is 0 Å². The third-order valence-electron chi connectivity index (χ3n) is 3.31. The Balaban J connectivity index is 1.59. The van der Waals surface area contributed by atoms with E-state index in [0.717, 1.165) is 10.6 Å². The van der Waals surface area contributed by atoms with Crippen LogP contribution in [-0.4, -0.2) is 16.1 Å². The Morgan fingerprint density at radius 1 is 1.00 bits per heavy atom. The lowest BCUT2D eigenvalue weighted by Gasteiger charge is -2.06. The van der Waals surface area contributed by atoms with Crippen molar-refractivity contribution in [2.45, 2.75) is 10.8 Å². The lowest BCUT2D eigenvalue weighted by atomic mass is 10.2. The summed E-state index contributed by atoms with van der Waals surface area (Å²) in [7, 11) is 0. The van der Waals surface area contributed by atoms with Crippen LogP contribution in [0.1, 0.15) is 15.9 Å². The summed E-state index contributed by atoms with van der Waals surface area (Å²) in [5.74, 6) is 0.839. The molecular weight excluding hydrogens is 377 g/mol. The van der Waals surface area contributed by atoms with Crippen molar-refractivity contribution in [3.8, 4) is 0 Å². The van der Waals surface area contributed by atoms with E-state index < -0.39 is 0 Å². The molecule has 0 radical (unpaired) electrons. The first-order valence-electron chi connectivity index (χ1n) is 7.39. The van der Waals surface area contributed by atoms with E-state index in [9.17, 15) is 4.79 Å². The molecule has 1 amide bonds. The molecule has 0 aliphatic rings. The topological polar surface area (TPSA) is 54.9 Å². The van der Waals surface area contributed by atoms with Crippen molar-refractivity contribution >= 4 is 46.7 Å². The van der Waals surface area contributed by atoms with Gasteiger partial charge in [-0.2, -0.15) is 0 Å². The van der Waals surface area contributed by atoms with Gasteiger partial charge in [0.25, 0.3) is 5.91 Å². The minimum Gasteiger partial charge on any atom is -0.305 e. The number of thioether (sulfide) groups is 1. The first-order valence-corrected chi connectivity index (χ1v) is 9.13. The molecule has 2 aromatic carbocycles. The molecule has 1 heterocycles. The van der Waals surface area contributed by atoms with E-state index in [1.807, 2.05) is 30.3 Å². The molecule has 126 valence electrons. The van der Waals surface area contributed by atoms with Crippen molar-refractivity contribution in [3.05, 3.63) is 81.8 Å². The first kappa shape index (κ1) is 17.7. The normalized spacial score (nSPS) is 10.5. The molecule has 1 aromatic heterocycles. The fourth-order valence-electron chi connectivity index (χ4n) is 2.03. The molecule has 3 aromatic rings. The predicted molar refractivity (Wildman–Crippen MR) is 102 cm³/mol. The third kappa shape index (κ3) is 4.95. The van der Waals surface area contributed by atoms with Crippen LogP contribution < -0.4 is 5.32 Å². The number of rotatable bonds is 5. The van der Waals surface area contributed by atoms with Crippen LogP contribution in [0, 0.1) is 0 Å². The van der Waals surface area contributed by atoms with E-state index in [1.54, 1.807) is 30.3 Å². The van der Waals surface area contributed by atoms with Crippen molar-refractivity contribution in [2.75, 3.05) is 5.32 Å². The van der Waals surface area contributed by atoms with Crippen LogP contribution in [0.4, 0.5) is 5.82 Å². The van der Waals surface area contributed by atoms with Gasteiger partial charge in [0, 0.05) is 21.4 Å². The number of hydrogen-bond donors (Lipinski definition) is 1. The highest BCUT2D eigenvalue weighted by molar-refractivity contribution is 7.98. The molecule has 0 saturated carbocycles. The smallest absolute Gasteiger partial charge is 0.256 e. The highest BCUT2D eigenvalue weighted by Crippen LogP contribution is 2.27. The Labute approximate surface area is 159 Å². The maximum atomic E-state index is 12.1. The number of nitrogens with one attached hydrogen (secondary N) is 1. The molecule has 0 saturated heterocycles. The number of amides is 1. The number of carbonyl (C=O) groups is 1. The summed E-state index contributed by atoms with van der Waals surface area (Å²) in [6, 6.07) is 17.9. The monoisotopic (exact) mass is 389 g/mol. The first-order chi connectivity index (χ1) is 12.1. The van der Waals surface area contributed by atoms with Gasteiger partial charge in [-0.05, 0) is 42.0 Å². The minimum absolute atomic E-state index is 0.219. The molecule has 0 bridgehead atoms. The molecule has 4 nitrogen and oxygen atoms in total. The standard InChI is InChI=1S/C18H13Cl2N3OS/c19-14-7-6-13(15(20)10-14)11-25-17-9-8-16(22-23-17)21-18(24)12-4-2-1-3-5-12/h1-10H,11H2,(H,21,22,24). The molecule has 0 spiro atoms. The van der Waals surface area contributed by atoms with Gasteiger partial charge < -0.3 is 5.32 Å². The highest BCUT2D eigenvalue weighted by Gasteiger charge is 2.07. The molecule has 0 aliphatic carbocycles. The van der Waals surface area contributed by atoms with Gasteiger partial charge in [-0.1, -0.05) is 59.2 Å².